The van der Waals surface area contributed by atoms with Crippen LogP contribution in [-0.4, -0.2) is 20.3 Å². The second-order valence-corrected chi connectivity index (χ2v) is 7.45. The fraction of sp³-hybridized carbons (Fsp3) is 0.200. The predicted molar refractivity (Wildman–Crippen MR) is 105 cm³/mol. The summed E-state index contributed by atoms with van der Waals surface area (Å²) in [5.74, 6) is -0.132. The second kappa shape index (κ2) is 7.36. The van der Waals surface area contributed by atoms with Crippen LogP contribution in [0.2, 0.25) is 10.0 Å². The zero-order valence-electron chi connectivity index (χ0n) is 14.6. The Hall–Kier alpha value is -2.72. The molecule has 0 radical (unpaired) electrons. The van der Waals surface area contributed by atoms with Gasteiger partial charge in [0.15, 0.2) is 0 Å². The first-order valence-corrected chi connectivity index (χ1v) is 9.32. The Morgan fingerprint density at radius 2 is 1.86 bits per heavy atom. The third kappa shape index (κ3) is 3.40. The highest BCUT2D eigenvalue weighted by Gasteiger charge is 2.31. The topological polar surface area (TPSA) is 80.2 Å². The molecule has 1 aromatic heterocycles. The molecular formula is C20H15Cl2N3O3. The highest BCUT2D eigenvalue weighted by molar-refractivity contribution is 6.34. The number of nitriles is 1. The molecule has 3 aromatic rings. The van der Waals surface area contributed by atoms with Gasteiger partial charge in [-0.25, -0.2) is 9.36 Å². The van der Waals surface area contributed by atoms with Crippen LogP contribution in [0.4, 0.5) is 0 Å². The predicted octanol–water partition coefficient (Wildman–Crippen LogP) is 3.66. The van der Waals surface area contributed by atoms with Crippen molar-refractivity contribution in [3.05, 3.63) is 79.8 Å². The summed E-state index contributed by atoms with van der Waals surface area (Å²) in [5, 5.41) is 20.2. The van der Waals surface area contributed by atoms with E-state index < -0.39 is 0 Å². The number of hydrogen-bond donors (Lipinski definition) is 1. The van der Waals surface area contributed by atoms with Crippen molar-refractivity contribution < 1.29 is 9.84 Å². The molecule has 0 spiro atoms. The van der Waals surface area contributed by atoms with Gasteiger partial charge in [0.2, 0.25) is 5.88 Å². The first kappa shape index (κ1) is 18.6. The standard InChI is InChI=1S/C20H15Cl2N3O3/c21-14-5-15(22)7-16(6-14)25-19(26)18-8-17(10-24(18)20(25)27)28-11-13-3-1-12(9-23)2-4-13/h1-7,17,26H,8,10-11H2/t17-/m0/s1. The molecule has 2 aromatic carbocycles. The number of halogens is 2. The lowest BCUT2D eigenvalue weighted by atomic mass is 10.1. The number of nitrogens with zero attached hydrogens (tertiary/aromatic N) is 3. The molecule has 0 bridgehead atoms. The molecule has 28 heavy (non-hydrogen) atoms. The number of imidazole rings is 1. The van der Waals surface area contributed by atoms with E-state index in [0.717, 1.165) is 5.56 Å². The number of rotatable bonds is 4. The van der Waals surface area contributed by atoms with Gasteiger partial charge in [0.25, 0.3) is 0 Å². The number of aromatic hydroxyl groups is 1. The first-order valence-electron chi connectivity index (χ1n) is 8.56. The fourth-order valence-corrected chi connectivity index (χ4v) is 3.87. The average Bonchev–Trinajstić information content (AvgIpc) is 3.19. The molecule has 0 saturated carbocycles. The number of ether oxygens (including phenoxy) is 1. The van der Waals surface area contributed by atoms with Crippen LogP contribution < -0.4 is 5.69 Å². The monoisotopic (exact) mass is 415 g/mol. The van der Waals surface area contributed by atoms with Crippen molar-refractivity contribution >= 4 is 23.2 Å². The minimum atomic E-state index is -0.365. The van der Waals surface area contributed by atoms with Crippen LogP contribution in [0.3, 0.4) is 0 Å². The number of fused-ring (bicyclic) bond motifs is 1. The van der Waals surface area contributed by atoms with Gasteiger partial charge in [-0.2, -0.15) is 5.26 Å². The van der Waals surface area contributed by atoms with Gasteiger partial charge < -0.3 is 9.84 Å². The highest BCUT2D eigenvalue weighted by Crippen LogP contribution is 2.30. The molecule has 1 N–H and O–H groups in total. The lowest BCUT2D eigenvalue weighted by Crippen LogP contribution is -2.26. The zero-order valence-corrected chi connectivity index (χ0v) is 16.1. The van der Waals surface area contributed by atoms with Gasteiger partial charge in [0.1, 0.15) is 0 Å². The zero-order chi connectivity index (χ0) is 19.8. The van der Waals surface area contributed by atoms with E-state index in [0.29, 0.717) is 46.6 Å². The second-order valence-electron chi connectivity index (χ2n) is 6.57. The van der Waals surface area contributed by atoms with E-state index in [1.807, 2.05) is 12.1 Å². The highest BCUT2D eigenvalue weighted by atomic mass is 35.5. The van der Waals surface area contributed by atoms with Crippen LogP contribution in [-0.2, 0) is 24.3 Å². The smallest absolute Gasteiger partial charge is 0.336 e. The molecular weight excluding hydrogens is 401 g/mol. The van der Waals surface area contributed by atoms with E-state index >= 15 is 0 Å². The molecule has 0 fully saturated rings. The van der Waals surface area contributed by atoms with Crippen molar-refractivity contribution in [2.45, 2.75) is 25.7 Å². The molecule has 0 aliphatic carbocycles. The van der Waals surface area contributed by atoms with Crippen LogP contribution >= 0.6 is 23.2 Å². The van der Waals surface area contributed by atoms with E-state index in [2.05, 4.69) is 6.07 Å². The molecule has 1 atom stereocenters. The van der Waals surface area contributed by atoms with Crippen LogP contribution in [0.15, 0.2) is 47.3 Å². The van der Waals surface area contributed by atoms with Crippen molar-refractivity contribution in [3.8, 4) is 17.6 Å². The van der Waals surface area contributed by atoms with Crippen molar-refractivity contribution in [1.82, 2.24) is 9.13 Å². The van der Waals surface area contributed by atoms with E-state index in [1.165, 1.54) is 9.13 Å². The van der Waals surface area contributed by atoms with E-state index in [1.54, 1.807) is 30.3 Å². The summed E-state index contributed by atoms with van der Waals surface area (Å²) in [6.45, 7) is 0.708. The Morgan fingerprint density at radius 1 is 1.18 bits per heavy atom. The summed E-state index contributed by atoms with van der Waals surface area (Å²) in [7, 11) is 0. The quantitative estimate of drug-likeness (QED) is 0.704. The molecule has 0 unspecified atom stereocenters. The molecule has 0 amide bonds. The van der Waals surface area contributed by atoms with Gasteiger partial charge in [-0.15, -0.1) is 0 Å². The lowest BCUT2D eigenvalue weighted by molar-refractivity contribution is 0.0409. The third-order valence-corrected chi connectivity index (χ3v) is 5.14. The van der Waals surface area contributed by atoms with Gasteiger partial charge in [-0.3, -0.25) is 4.57 Å². The largest absolute Gasteiger partial charge is 0.493 e. The SMILES string of the molecule is N#Cc1ccc(CO[C@H]2Cc3c(O)n(-c4cc(Cl)cc(Cl)c4)c(=O)n3C2)cc1. The molecule has 8 heteroatoms. The summed E-state index contributed by atoms with van der Waals surface area (Å²) in [5.41, 5.74) is 2.09. The Kier molecular flexibility index (Phi) is 4.90. The van der Waals surface area contributed by atoms with Crippen LogP contribution in [0.5, 0.6) is 5.88 Å². The minimum Gasteiger partial charge on any atom is -0.493 e. The lowest BCUT2D eigenvalue weighted by Gasteiger charge is -2.12. The number of hydrogen-bond acceptors (Lipinski definition) is 4. The molecule has 0 saturated heterocycles. The number of benzene rings is 2. The van der Waals surface area contributed by atoms with Crippen molar-refractivity contribution in [2.75, 3.05) is 0 Å². The maximum atomic E-state index is 12.8. The van der Waals surface area contributed by atoms with Crippen LogP contribution in [0.1, 0.15) is 16.8 Å². The minimum absolute atomic E-state index is 0.132. The maximum absolute atomic E-state index is 12.8. The van der Waals surface area contributed by atoms with Gasteiger partial charge in [-0.05, 0) is 35.9 Å². The average molecular weight is 416 g/mol. The molecule has 1 aliphatic rings. The first-order chi connectivity index (χ1) is 13.5. The van der Waals surface area contributed by atoms with Crippen molar-refractivity contribution in [1.29, 1.82) is 5.26 Å². The Balaban J connectivity index is 1.52. The Bertz CT molecular complexity index is 1120. The van der Waals surface area contributed by atoms with Gasteiger partial charge in [-0.1, -0.05) is 35.3 Å². The summed E-state index contributed by atoms with van der Waals surface area (Å²) in [6, 6.07) is 13.9. The van der Waals surface area contributed by atoms with Crippen molar-refractivity contribution in [3.63, 3.8) is 0 Å². The molecule has 2 heterocycles. The molecule has 1 aliphatic heterocycles. The Morgan fingerprint density at radius 3 is 2.46 bits per heavy atom. The summed E-state index contributed by atoms with van der Waals surface area (Å²) < 4.78 is 8.60. The molecule has 142 valence electrons. The van der Waals surface area contributed by atoms with Crippen molar-refractivity contribution in [2.24, 2.45) is 0 Å². The normalized spacial score (nSPS) is 15.4. The molecule has 6 nitrogen and oxygen atoms in total. The number of aromatic nitrogens is 2. The summed E-state index contributed by atoms with van der Waals surface area (Å²) >= 11 is 12.0. The van der Waals surface area contributed by atoms with E-state index in [9.17, 15) is 9.90 Å². The van der Waals surface area contributed by atoms with Gasteiger partial charge in [0, 0.05) is 16.5 Å². The summed E-state index contributed by atoms with van der Waals surface area (Å²) in [4.78, 5) is 12.8. The maximum Gasteiger partial charge on any atom is 0.336 e. The Labute approximate surface area is 170 Å². The summed E-state index contributed by atoms with van der Waals surface area (Å²) in [6.07, 6.45) is 0.195. The van der Waals surface area contributed by atoms with E-state index in [-0.39, 0.29) is 17.7 Å². The third-order valence-electron chi connectivity index (χ3n) is 4.70. The van der Waals surface area contributed by atoms with Crippen LogP contribution in [0, 0.1) is 11.3 Å². The van der Waals surface area contributed by atoms with Gasteiger partial charge in [0.05, 0.1) is 42.3 Å². The van der Waals surface area contributed by atoms with Gasteiger partial charge >= 0.3 is 5.69 Å². The molecule has 4 rings (SSSR count). The fourth-order valence-electron chi connectivity index (χ4n) is 3.35. The van der Waals surface area contributed by atoms with E-state index in [4.69, 9.17) is 33.2 Å². The van der Waals surface area contributed by atoms with Crippen LogP contribution in [0.25, 0.3) is 5.69 Å².